The van der Waals surface area contributed by atoms with Crippen LogP contribution in [0.25, 0.3) is 10.1 Å². The molecule has 2 aromatic rings. The van der Waals surface area contributed by atoms with Crippen molar-refractivity contribution in [2.45, 2.75) is 38.4 Å². The second kappa shape index (κ2) is 5.61. The minimum atomic E-state index is 0.623. The van der Waals surface area contributed by atoms with Crippen molar-refractivity contribution in [1.82, 2.24) is 10.2 Å². The topological polar surface area (TPSA) is 15.3 Å². The van der Waals surface area contributed by atoms with Crippen molar-refractivity contribution >= 4 is 21.4 Å². The Bertz CT molecular complexity index is 544. The number of thiophene rings is 1. The van der Waals surface area contributed by atoms with E-state index < -0.39 is 0 Å². The number of hydrogen-bond donors (Lipinski definition) is 1. The van der Waals surface area contributed by atoms with E-state index in [1.165, 1.54) is 28.5 Å². The van der Waals surface area contributed by atoms with Crippen LogP contribution in [0, 0.1) is 0 Å². The van der Waals surface area contributed by atoms with E-state index in [-0.39, 0.29) is 0 Å². The van der Waals surface area contributed by atoms with Crippen molar-refractivity contribution < 1.29 is 0 Å². The van der Waals surface area contributed by atoms with Crippen LogP contribution < -0.4 is 5.32 Å². The first-order chi connectivity index (χ1) is 9.25. The second-order valence-corrected chi connectivity index (χ2v) is 6.54. The maximum Gasteiger partial charge on any atom is 0.0346 e. The van der Waals surface area contributed by atoms with Crippen molar-refractivity contribution in [2.75, 3.05) is 13.6 Å². The van der Waals surface area contributed by atoms with Gasteiger partial charge in [-0.3, -0.25) is 4.90 Å². The molecule has 0 spiro atoms. The highest BCUT2D eigenvalue weighted by molar-refractivity contribution is 7.17. The van der Waals surface area contributed by atoms with Gasteiger partial charge in [-0.15, -0.1) is 11.3 Å². The predicted octanol–water partition coefficient (Wildman–Crippen LogP) is 3.47. The normalized spacial score (nSPS) is 17.2. The summed E-state index contributed by atoms with van der Waals surface area (Å²) in [5.74, 6) is 0. The van der Waals surface area contributed by atoms with E-state index in [2.05, 4.69) is 53.8 Å². The number of fused-ring (bicyclic) bond motifs is 1. The molecule has 1 heterocycles. The van der Waals surface area contributed by atoms with Gasteiger partial charge in [-0.25, -0.2) is 0 Å². The molecule has 1 atom stereocenters. The second-order valence-electron chi connectivity index (χ2n) is 5.63. The lowest BCUT2D eigenvalue weighted by Gasteiger charge is -2.24. The molecule has 0 radical (unpaired) electrons. The Labute approximate surface area is 119 Å². The molecule has 2 nitrogen and oxygen atoms in total. The summed E-state index contributed by atoms with van der Waals surface area (Å²) in [4.78, 5) is 2.51. The number of rotatable bonds is 6. The number of hydrogen-bond acceptors (Lipinski definition) is 3. The Kier molecular flexibility index (Phi) is 3.87. The molecule has 3 heteroatoms. The molecule has 1 N–H and O–H groups in total. The van der Waals surface area contributed by atoms with E-state index in [1.807, 2.05) is 11.3 Å². The van der Waals surface area contributed by atoms with E-state index in [0.717, 1.165) is 19.1 Å². The fourth-order valence-corrected chi connectivity index (χ4v) is 3.53. The summed E-state index contributed by atoms with van der Waals surface area (Å²) < 4.78 is 1.39. The molecule has 1 fully saturated rings. The van der Waals surface area contributed by atoms with E-state index in [0.29, 0.717) is 6.04 Å². The average Bonchev–Trinajstić information content (AvgIpc) is 3.20. The lowest BCUT2D eigenvalue weighted by atomic mass is 10.2. The van der Waals surface area contributed by atoms with Crippen LogP contribution in [0.1, 0.15) is 25.3 Å². The summed E-state index contributed by atoms with van der Waals surface area (Å²) in [6.45, 7) is 4.36. The standard InChI is InChI=1S/C16H22N2S/c1-12(18(2)14-7-8-14)9-17-10-13-11-19-16-6-4-3-5-15(13)16/h3-6,11-12,14,17H,7-10H2,1-2H3. The third kappa shape index (κ3) is 2.99. The van der Waals surface area contributed by atoms with Crippen molar-refractivity contribution in [2.24, 2.45) is 0 Å². The number of nitrogens with one attached hydrogen (secondary N) is 1. The lowest BCUT2D eigenvalue weighted by Crippen LogP contribution is -2.38. The van der Waals surface area contributed by atoms with Crippen LogP contribution in [-0.2, 0) is 6.54 Å². The van der Waals surface area contributed by atoms with Crippen molar-refractivity contribution in [3.05, 3.63) is 35.2 Å². The number of nitrogens with zero attached hydrogens (tertiary/aromatic N) is 1. The molecule has 1 aliphatic carbocycles. The van der Waals surface area contributed by atoms with Gasteiger partial charge in [-0.05, 0) is 49.2 Å². The van der Waals surface area contributed by atoms with Crippen molar-refractivity contribution in [3.8, 4) is 0 Å². The van der Waals surface area contributed by atoms with Crippen molar-refractivity contribution in [1.29, 1.82) is 0 Å². The molecule has 0 bridgehead atoms. The van der Waals surface area contributed by atoms with Crippen LogP contribution in [0.3, 0.4) is 0 Å². The van der Waals surface area contributed by atoms with Gasteiger partial charge in [-0.2, -0.15) is 0 Å². The monoisotopic (exact) mass is 274 g/mol. The summed E-state index contributed by atoms with van der Waals surface area (Å²) >= 11 is 1.84. The first-order valence-corrected chi connectivity index (χ1v) is 8.01. The molecule has 1 aliphatic rings. The van der Waals surface area contributed by atoms with Gasteiger partial charge in [-0.1, -0.05) is 18.2 Å². The minimum absolute atomic E-state index is 0.623. The van der Waals surface area contributed by atoms with Gasteiger partial charge in [0.15, 0.2) is 0 Å². The first-order valence-electron chi connectivity index (χ1n) is 7.13. The maximum atomic E-state index is 3.61. The Balaban J connectivity index is 1.54. The highest BCUT2D eigenvalue weighted by atomic mass is 32.1. The van der Waals surface area contributed by atoms with Crippen LogP contribution in [0.5, 0.6) is 0 Å². The Hall–Kier alpha value is -0.900. The largest absolute Gasteiger partial charge is 0.311 e. The summed E-state index contributed by atoms with van der Waals surface area (Å²) in [6.07, 6.45) is 2.77. The summed E-state index contributed by atoms with van der Waals surface area (Å²) in [5.41, 5.74) is 1.43. The zero-order valence-electron chi connectivity index (χ0n) is 11.7. The molecule has 1 unspecified atom stereocenters. The molecule has 1 aromatic carbocycles. The Morgan fingerprint density at radius 2 is 2.16 bits per heavy atom. The first kappa shape index (κ1) is 13.1. The highest BCUT2D eigenvalue weighted by Gasteiger charge is 2.28. The quantitative estimate of drug-likeness (QED) is 0.867. The van der Waals surface area contributed by atoms with Crippen LogP contribution in [0.15, 0.2) is 29.6 Å². The molecule has 1 saturated carbocycles. The van der Waals surface area contributed by atoms with E-state index in [1.54, 1.807) is 0 Å². The SMILES string of the molecule is CC(CNCc1csc2ccccc12)N(C)C1CC1. The van der Waals surface area contributed by atoms with Crippen LogP contribution in [-0.4, -0.2) is 30.6 Å². The van der Waals surface area contributed by atoms with E-state index in [4.69, 9.17) is 0 Å². The van der Waals surface area contributed by atoms with E-state index >= 15 is 0 Å². The molecule has 0 amide bonds. The van der Waals surface area contributed by atoms with E-state index in [9.17, 15) is 0 Å². The van der Waals surface area contributed by atoms with Gasteiger partial charge in [0.2, 0.25) is 0 Å². The summed E-state index contributed by atoms with van der Waals surface area (Å²) in [5, 5.41) is 7.30. The third-order valence-corrected chi connectivity index (χ3v) is 5.15. The van der Waals surface area contributed by atoms with Gasteiger partial charge in [0.1, 0.15) is 0 Å². The zero-order chi connectivity index (χ0) is 13.2. The van der Waals surface area contributed by atoms with Crippen LogP contribution >= 0.6 is 11.3 Å². The van der Waals surface area contributed by atoms with Crippen molar-refractivity contribution in [3.63, 3.8) is 0 Å². The number of likely N-dealkylation sites (N-methyl/N-ethyl adjacent to an activating group) is 1. The molecular formula is C16H22N2S. The summed E-state index contributed by atoms with van der Waals surface area (Å²) in [7, 11) is 2.25. The minimum Gasteiger partial charge on any atom is -0.311 e. The molecule has 102 valence electrons. The molecule has 0 aliphatic heterocycles. The van der Waals surface area contributed by atoms with Crippen LogP contribution in [0.2, 0.25) is 0 Å². The predicted molar refractivity (Wildman–Crippen MR) is 83.8 cm³/mol. The summed E-state index contributed by atoms with van der Waals surface area (Å²) in [6, 6.07) is 10.1. The Morgan fingerprint density at radius 3 is 2.95 bits per heavy atom. The fourth-order valence-electron chi connectivity index (χ4n) is 2.57. The molecule has 0 saturated heterocycles. The maximum absolute atomic E-state index is 3.61. The van der Waals surface area contributed by atoms with Gasteiger partial charge >= 0.3 is 0 Å². The van der Waals surface area contributed by atoms with Crippen LogP contribution in [0.4, 0.5) is 0 Å². The Morgan fingerprint density at radius 1 is 1.37 bits per heavy atom. The average molecular weight is 274 g/mol. The van der Waals surface area contributed by atoms with Gasteiger partial charge in [0, 0.05) is 29.9 Å². The molecule has 19 heavy (non-hydrogen) atoms. The van der Waals surface area contributed by atoms with Gasteiger partial charge in [0.05, 0.1) is 0 Å². The fraction of sp³-hybridized carbons (Fsp3) is 0.500. The number of benzene rings is 1. The molecule has 3 rings (SSSR count). The lowest BCUT2D eigenvalue weighted by molar-refractivity contribution is 0.241. The van der Waals surface area contributed by atoms with Gasteiger partial charge < -0.3 is 5.32 Å². The smallest absolute Gasteiger partial charge is 0.0346 e. The molecular weight excluding hydrogens is 252 g/mol. The van der Waals surface area contributed by atoms with Gasteiger partial charge in [0.25, 0.3) is 0 Å². The highest BCUT2D eigenvalue weighted by Crippen LogP contribution is 2.27. The zero-order valence-corrected chi connectivity index (χ0v) is 12.5. The molecule has 1 aromatic heterocycles. The third-order valence-electron chi connectivity index (χ3n) is 4.13.